The minimum Gasteiger partial charge on any atom is -0.456 e. The van der Waals surface area contributed by atoms with E-state index in [-0.39, 0.29) is 22.8 Å². The Kier molecular flexibility index (Phi) is 7.96. The van der Waals surface area contributed by atoms with E-state index in [0.717, 1.165) is 11.0 Å². The van der Waals surface area contributed by atoms with E-state index < -0.39 is 42.6 Å². The summed E-state index contributed by atoms with van der Waals surface area (Å²) in [6.07, 6.45) is -3.90. The van der Waals surface area contributed by atoms with E-state index in [0.29, 0.717) is 22.4 Å². The van der Waals surface area contributed by atoms with Crippen molar-refractivity contribution < 1.29 is 36.6 Å². The average Bonchev–Trinajstić information content (AvgIpc) is 3.26. The van der Waals surface area contributed by atoms with Gasteiger partial charge < -0.3 is 15.2 Å². The van der Waals surface area contributed by atoms with Gasteiger partial charge in [-0.05, 0) is 57.5 Å². The first kappa shape index (κ1) is 29.4. The van der Waals surface area contributed by atoms with Crippen molar-refractivity contribution >= 4 is 23.3 Å². The molecule has 0 radical (unpaired) electrons. The number of rotatable bonds is 7. The topological polar surface area (TPSA) is 99.2 Å². The van der Waals surface area contributed by atoms with Crippen LogP contribution in [-0.4, -0.2) is 39.7 Å². The van der Waals surface area contributed by atoms with E-state index in [1.54, 1.807) is 45.9 Å². The van der Waals surface area contributed by atoms with Crippen LogP contribution in [0.25, 0.3) is 16.9 Å². The van der Waals surface area contributed by atoms with Crippen LogP contribution >= 0.6 is 0 Å². The first-order valence-corrected chi connectivity index (χ1v) is 12.5. The molecule has 0 atom stereocenters. The molecule has 0 bridgehead atoms. The molecule has 2 aromatic carbocycles. The molecule has 4 aromatic rings. The summed E-state index contributed by atoms with van der Waals surface area (Å²) in [6.45, 7) is 5.73. The van der Waals surface area contributed by atoms with Gasteiger partial charge in [0.05, 0.1) is 30.2 Å². The van der Waals surface area contributed by atoms with Crippen LogP contribution in [-0.2, 0) is 4.74 Å². The van der Waals surface area contributed by atoms with Crippen LogP contribution < -0.4 is 15.4 Å². The number of hydrogen-bond donors (Lipinski definition) is 1. The number of benzene rings is 2. The molecule has 41 heavy (non-hydrogen) atoms. The summed E-state index contributed by atoms with van der Waals surface area (Å²) in [6, 6.07) is 11.6. The van der Waals surface area contributed by atoms with E-state index in [1.165, 1.54) is 41.1 Å². The van der Waals surface area contributed by atoms with Gasteiger partial charge in [0.1, 0.15) is 22.9 Å². The largest absolute Gasteiger partial charge is 0.456 e. The first-order valence-electron chi connectivity index (χ1n) is 12.5. The zero-order valence-corrected chi connectivity index (χ0v) is 22.8. The molecule has 2 N–H and O–H groups in total. The van der Waals surface area contributed by atoms with Crippen LogP contribution in [0.15, 0.2) is 60.9 Å². The van der Waals surface area contributed by atoms with E-state index in [9.17, 15) is 27.2 Å². The number of nitrogens with two attached hydrogens (primary N) is 1. The fourth-order valence-electron chi connectivity index (χ4n) is 4.14. The smallest absolute Gasteiger partial charge is 0.414 e. The summed E-state index contributed by atoms with van der Waals surface area (Å²) in [5.41, 5.74) is 6.55. The van der Waals surface area contributed by atoms with Crippen LogP contribution in [0.4, 0.5) is 28.0 Å². The lowest BCUT2D eigenvalue weighted by Crippen LogP contribution is -2.39. The number of alkyl halides is 3. The number of carbonyl (C=O) groups is 2. The molecule has 216 valence electrons. The molecular formula is C29H28F4N4O4. The molecule has 0 aliphatic carbocycles. The maximum atomic E-state index is 13.9. The van der Waals surface area contributed by atoms with Gasteiger partial charge in [-0.3, -0.25) is 14.1 Å². The summed E-state index contributed by atoms with van der Waals surface area (Å²) < 4.78 is 66.6. The van der Waals surface area contributed by atoms with Crippen molar-refractivity contribution in [1.82, 2.24) is 9.38 Å². The third-order valence-electron chi connectivity index (χ3n) is 5.90. The number of halogens is 4. The Bertz CT molecular complexity index is 1610. The van der Waals surface area contributed by atoms with Crippen molar-refractivity contribution in [2.75, 3.05) is 11.4 Å². The van der Waals surface area contributed by atoms with Crippen LogP contribution in [0.3, 0.4) is 0 Å². The molecule has 0 saturated heterocycles. The third-order valence-corrected chi connectivity index (χ3v) is 5.90. The second-order valence-electron chi connectivity index (χ2n) is 10.3. The molecule has 12 heteroatoms. The number of primary amides is 1. The fraction of sp³-hybridized carbons (Fsp3) is 0.276. The van der Waals surface area contributed by atoms with Crippen molar-refractivity contribution in [2.45, 2.75) is 45.9 Å². The molecule has 0 fully saturated rings. The minimum atomic E-state index is -4.56. The molecular weight excluding hydrogens is 544 g/mol. The van der Waals surface area contributed by atoms with Crippen molar-refractivity contribution in [3.8, 4) is 22.8 Å². The Morgan fingerprint density at radius 2 is 1.78 bits per heavy atom. The van der Waals surface area contributed by atoms with Crippen molar-refractivity contribution in [2.24, 2.45) is 5.73 Å². The standard InChI is InChI=1S/C29H28F4N4O4/c1-17-12-18(8-9-22(17)25(34)38)24-15-35-26-23(36(11-10-29(31,32)33)27(39)41-28(2,3)4)14-21(16-37(24)26)40-20-7-5-6-19(30)13-20/h5-9,12-16H,10-11H2,1-4H3,(H2,34,38). The Hall–Kier alpha value is -4.61. The average molecular weight is 573 g/mol. The lowest BCUT2D eigenvalue weighted by molar-refractivity contribution is -0.132. The van der Waals surface area contributed by atoms with Gasteiger partial charge in [-0.15, -0.1) is 0 Å². The van der Waals surface area contributed by atoms with Gasteiger partial charge in [0, 0.05) is 29.8 Å². The number of anilines is 1. The zero-order chi connectivity index (χ0) is 30.1. The summed E-state index contributed by atoms with van der Waals surface area (Å²) in [5, 5.41) is 0. The van der Waals surface area contributed by atoms with Gasteiger partial charge in [-0.1, -0.05) is 12.1 Å². The Labute approximate surface area is 233 Å². The van der Waals surface area contributed by atoms with Crippen LogP contribution in [0.2, 0.25) is 0 Å². The highest BCUT2D eigenvalue weighted by atomic mass is 19.4. The summed E-state index contributed by atoms with van der Waals surface area (Å²) in [4.78, 5) is 30.2. The second-order valence-corrected chi connectivity index (χ2v) is 10.3. The van der Waals surface area contributed by atoms with Gasteiger partial charge in [0.2, 0.25) is 5.91 Å². The third kappa shape index (κ3) is 7.13. The number of fused-ring (bicyclic) bond motifs is 1. The molecule has 0 unspecified atom stereocenters. The molecule has 2 aromatic heterocycles. The number of amides is 2. The van der Waals surface area contributed by atoms with Gasteiger partial charge in [0.15, 0.2) is 5.65 Å². The van der Waals surface area contributed by atoms with Gasteiger partial charge in [-0.2, -0.15) is 13.2 Å². The maximum Gasteiger partial charge on any atom is 0.414 e. The highest BCUT2D eigenvalue weighted by molar-refractivity contribution is 5.95. The number of nitrogens with zero attached hydrogens (tertiary/aromatic N) is 3. The minimum absolute atomic E-state index is 0.0193. The van der Waals surface area contributed by atoms with Crippen molar-refractivity contribution in [1.29, 1.82) is 0 Å². The van der Waals surface area contributed by atoms with Crippen molar-refractivity contribution in [3.05, 3.63) is 77.9 Å². The summed E-state index contributed by atoms with van der Waals surface area (Å²) >= 11 is 0. The quantitative estimate of drug-likeness (QED) is 0.240. The number of hydrogen-bond acceptors (Lipinski definition) is 5. The number of pyridine rings is 1. The molecule has 2 heterocycles. The predicted molar refractivity (Wildman–Crippen MR) is 145 cm³/mol. The van der Waals surface area contributed by atoms with Crippen LogP contribution in [0, 0.1) is 12.7 Å². The maximum absolute atomic E-state index is 13.9. The molecule has 8 nitrogen and oxygen atoms in total. The molecule has 0 saturated carbocycles. The fourth-order valence-corrected chi connectivity index (χ4v) is 4.14. The number of carbonyl (C=O) groups excluding carboxylic acids is 2. The molecule has 4 rings (SSSR count). The molecule has 0 spiro atoms. The molecule has 0 aliphatic rings. The van der Waals surface area contributed by atoms with Gasteiger partial charge in [-0.25, -0.2) is 14.2 Å². The molecule has 0 aliphatic heterocycles. The second kappa shape index (κ2) is 11.1. The highest BCUT2D eigenvalue weighted by Gasteiger charge is 2.33. The number of aromatic nitrogens is 2. The first-order chi connectivity index (χ1) is 19.1. The van der Waals surface area contributed by atoms with E-state index in [2.05, 4.69) is 4.98 Å². The van der Waals surface area contributed by atoms with Crippen LogP contribution in [0.1, 0.15) is 43.1 Å². The Morgan fingerprint density at radius 1 is 1.05 bits per heavy atom. The SMILES string of the molecule is Cc1cc(-c2cnc3c(N(CCC(F)(F)F)C(=O)OC(C)(C)C)cc(Oc4cccc(F)c4)cn23)ccc1C(N)=O. The zero-order valence-electron chi connectivity index (χ0n) is 22.8. The van der Waals surface area contributed by atoms with Gasteiger partial charge in [0.25, 0.3) is 0 Å². The predicted octanol–water partition coefficient (Wildman–Crippen LogP) is 7.03. The number of ether oxygens (including phenoxy) is 2. The Morgan fingerprint density at radius 3 is 2.39 bits per heavy atom. The van der Waals surface area contributed by atoms with Crippen LogP contribution in [0.5, 0.6) is 11.5 Å². The lowest BCUT2D eigenvalue weighted by atomic mass is 10.0. The number of imidazole rings is 1. The highest BCUT2D eigenvalue weighted by Crippen LogP contribution is 2.35. The van der Waals surface area contributed by atoms with Gasteiger partial charge >= 0.3 is 12.3 Å². The molecule has 2 amide bonds. The summed E-state index contributed by atoms with van der Waals surface area (Å²) in [7, 11) is 0. The van der Waals surface area contributed by atoms with E-state index in [4.69, 9.17) is 15.2 Å². The normalized spacial score (nSPS) is 11.9. The van der Waals surface area contributed by atoms with Crippen molar-refractivity contribution in [3.63, 3.8) is 0 Å². The van der Waals surface area contributed by atoms with E-state index in [1.807, 2.05) is 0 Å². The lowest BCUT2D eigenvalue weighted by Gasteiger charge is -2.28. The monoisotopic (exact) mass is 572 g/mol. The summed E-state index contributed by atoms with van der Waals surface area (Å²) in [5.74, 6) is -0.947. The number of aryl methyl sites for hydroxylation is 1. The van der Waals surface area contributed by atoms with E-state index >= 15 is 0 Å². The Balaban J connectivity index is 1.92.